The zero-order valence-corrected chi connectivity index (χ0v) is 10.2. The molecular weight excluding hydrogens is 260 g/mol. The lowest BCUT2D eigenvalue weighted by Gasteiger charge is -1.98. The van der Waals surface area contributed by atoms with Gasteiger partial charge in [-0.3, -0.25) is 4.99 Å². The van der Waals surface area contributed by atoms with E-state index in [4.69, 9.17) is 23.2 Å². The Hall–Kier alpha value is -1.38. The summed E-state index contributed by atoms with van der Waals surface area (Å²) in [5.74, 6) is -0.295. The van der Waals surface area contributed by atoms with Crippen molar-refractivity contribution in [2.45, 2.75) is 0 Å². The smallest absolute Gasteiger partial charge is 0.123 e. The Labute approximate surface area is 109 Å². The van der Waals surface area contributed by atoms with Crippen molar-refractivity contribution in [2.24, 2.45) is 4.99 Å². The molecule has 86 valence electrons. The number of nitrogens with zero attached hydrogens (tertiary/aromatic N) is 1. The molecule has 0 N–H and O–H groups in total. The lowest BCUT2D eigenvalue weighted by Crippen LogP contribution is -1.82. The highest BCUT2D eigenvalue weighted by Crippen LogP contribution is 2.27. The van der Waals surface area contributed by atoms with Gasteiger partial charge in [0.1, 0.15) is 5.82 Å². The van der Waals surface area contributed by atoms with Crippen molar-refractivity contribution in [3.63, 3.8) is 0 Å². The second kappa shape index (κ2) is 5.30. The van der Waals surface area contributed by atoms with Gasteiger partial charge in [-0.2, -0.15) is 0 Å². The van der Waals surface area contributed by atoms with Gasteiger partial charge < -0.3 is 0 Å². The molecule has 1 nitrogen and oxygen atoms in total. The second-order valence-corrected chi connectivity index (χ2v) is 4.25. The molecule has 0 aliphatic rings. The summed E-state index contributed by atoms with van der Waals surface area (Å²) in [6, 6.07) is 11.2. The first-order valence-corrected chi connectivity index (χ1v) is 5.65. The Balaban J connectivity index is 2.26. The van der Waals surface area contributed by atoms with Crippen molar-refractivity contribution >= 4 is 35.1 Å². The average molecular weight is 268 g/mol. The molecule has 0 heterocycles. The minimum atomic E-state index is -0.295. The molecule has 2 aromatic carbocycles. The molecule has 0 saturated heterocycles. The average Bonchev–Trinajstić information content (AvgIpc) is 2.28. The zero-order chi connectivity index (χ0) is 12.3. The maximum absolute atomic E-state index is 12.9. The van der Waals surface area contributed by atoms with Crippen LogP contribution in [0.15, 0.2) is 47.5 Å². The Morgan fingerprint density at radius 1 is 1.06 bits per heavy atom. The van der Waals surface area contributed by atoms with Crippen molar-refractivity contribution in [1.29, 1.82) is 0 Å². The molecule has 0 fully saturated rings. The van der Waals surface area contributed by atoms with Crippen LogP contribution >= 0.6 is 23.2 Å². The van der Waals surface area contributed by atoms with Gasteiger partial charge in [-0.25, -0.2) is 4.39 Å². The minimum Gasteiger partial charge on any atom is -0.255 e. The third kappa shape index (κ3) is 3.29. The molecule has 0 amide bonds. The molecule has 0 bridgehead atoms. The molecule has 17 heavy (non-hydrogen) atoms. The van der Waals surface area contributed by atoms with Gasteiger partial charge in [-0.05, 0) is 35.9 Å². The van der Waals surface area contributed by atoms with E-state index in [1.165, 1.54) is 12.1 Å². The summed E-state index contributed by atoms with van der Waals surface area (Å²) < 4.78 is 12.9. The molecule has 0 aromatic heterocycles. The summed E-state index contributed by atoms with van der Waals surface area (Å²) in [7, 11) is 0. The predicted octanol–water partition coefficient (Wildman–Crippen LogP) is 4.88. The van der Waals surface area contributed by atoms with Crippen LogP contribution in [0.2, 0.25) is 10.0 Å². The number of halogens is 3. The molecule has 2 rings (SSSR count). The Kier molecular flexibility index (Phi) is 3.77. The largest absolute Gasteiger partial charge is 0.255 e. The highest BCUT2D eigenvalue weighted by atomic mass is 35.5. The number of benzene rings is 2. The predicted molar refractivity (Wildman–Crippen MR) is 70.1 cm³/mol. The van der Waals surface area contributed by atoms with E-state index in [9.17, 15) is 4.39 Å². The van der Waals surface area contributed by atoms with Gasteiger partial charge in [0.15, 0.2) is 0 Å². The van der Waals surface area contributed by atoms with Gasteiger partial charge in [0.2, 0.25) is 0 Å². The standard InChI is InChI=1S/C13H8Cl2FN/c14-10-4-5-13(12(15)7-10)17-8-9-2-1-3-11(16)6-9/h1-8H/b17-8+. The molecular formula is C13H8Cl2FN. The Morgan fingerprint density at radius 3 is 2.59 bits per heavy atom. The van der Waals surface area contributed by atoms with E-state index in [0.717, 1.165) is 0 Å². The first kappa shape index (κ1) is 12.1. The Morgan fingerprint density at radius 2 is 1.88 bits per heavy atom. The highest BCUT2D eigenvalue weighted by Gasteiger charge is 1.98. The monoisotopic (exact) mass is 267 g/mol. The number of aliphatic imine (C=N–C) groups is 1. The molecule has 0 spiro atoms. The first-order chi connectivity index (χ1) is 8.15. The van der Waals surface area contributed by atoms with Gasteiger partial charge in [-0.1, -0.05) is 35.3 Å². The molecule has 2 aromatic rings. The third-order valence-electron chi connectivity index (χ3n) is 2.11. The minimum absolute atomic E-state index is 0.295. The normalized spacial score (nSPS) is 11.0. The summed E-state index contributed by atoms with van der Waals surface area (Å²) >= 11 is 11.7. The summed E-state index contributed by atoms with van der Waals surface area (Å²) in [4.78, 5) is 4.18. The van der Waals surface area contributed by atoms with Crippen LogP contribution in [0.3, 0.4) is 0 Å². The quantitative estimate of drug-likeness (QED) is 0.688. The maximum Gasteiger partial charge on any atom is 0.123 e. The van der Waals surface area contributed by atoms with Crippen LogP contribution in [0.4, 0.5) is 10.1 Å². The molecule has 4 heteroatoms. The maximum atomic E-state index is 12.9. The number of rotatable bonds is 2. The van der Waals surface area contributed by atoms with Crippen molar-refractivity contribution in [1.82, 2.24) is 0 Å². The van der Waals surface area contributed by atoms with E-state index in [1.807, 2.05) is 0 Å². The van der Waals surface area contributed by atoms with Crippen molar-refractivity contribution in [2.75, 3.05) is 0 Å². The van der Waals surface area contributed by atoms with Crippen LogP contribution in [-0.4, -0.2) is 6.21 Å². The highest BCUT2D eigenvalue weighted by molar-refractivity contribution is 6.36. The van der Waals surface area contributed by atoms with E-state index in [1.54, 1.807) is 36.5 Å². The van der Waals surface area contributed by atoms with E-state index < -0.39 is 0 Å². The van der Waals surface area contributed by atoms with Crippen LogP contribution < -0.4 is 0 Å². The van der Waals surface area contributed by atoms with Gasteiger partial charge in [0.25, 0.3) is 0 Å². The van der Waals surface area contributed by atoms with Crippen molar-refractivity contribution in [3.05, 3.63) is 63.9 Å². The van der Waals surface area contributed by atoms with Crippen LogP contribution in [0.25, 0.3) is 0 Å². The van der Waals surface area contributed by atoms with Crippen LogP contribution in [0.1, 0.15) is 5.56 Å². The molecule has 0 aliphatic heterocycles. The van der Waals surface area contributed by atoms with Crippen molar-refractivity contribution in [3.8, 4) is 0 Å². The number of hydrogen-bond donors (Lipinski definition) is 0. The number of hydrogen-bond acceptors (Lipinski definition) is 1. The fraction of sp³-hybridized carbons (Fsp3) is 0. The molecule has 0 aliphatic carbocycles. The summed E-state index contributed by atoms with van der Waals surface area (Å²) in [5.41, 5.74) is 1.27. The lowest BCUT2D eigenvalue weighted by molar-refractivity contribution is 0.627. The summed E-state index contributed by atoms with van der Waals surface area (Å²) in [6.45, 7) is 0. The van der Waals surface area contributed by atoms with Gasteiger partial charge in [0, 0.05) is 11.2 Å². The van der Waals surface area contributed by atoms with Crippen molar-refractivity contribution < 1.29 is 4.39 Å². The Bertz CT molecular complexity index is 567. The molecule has 0 saturated carbocycles. The van der Waals surface area contributed by atoms with Gasteiger partial charge in [0.05, 0.1) is 10.7 Å². The zero-order valence-electron chi connectivity index (χ0n) is 8.70. The molecule has 0 unspecified atom stereocenters. The fourth-order valence-electron chi connectivity index (χ4n) is 1.32. The molecule has 0 radical (unpaired) electrons. The van der Waals surface area contributed by atoms with Crippen LogP contribution in [0.5, 0.6) is 0 Å². The second-order valence-electron chi connectivity index (χ2n) is 3.41. The van der Waals surface area contributed by atoms with E-state index >= 15 is 0 Å². The van der Waals surface area contributed by atoms with Gasteiger partial charge in [-0.15, -0.1) is 0 Å². The topological polar surface area (TPSA) is 12.4 Å². The van der Waals surface area contributed by atoms with E-state index in [2.05, 4.69) is 4.99 Å². The summed E-state index contributed by atoms with van der Waals surface area (Å²) in [6.07, 6.45) is 1.55. The third-order valence-corrected chi connectivity index (χ3v) is 2.65. The van der Waals surface area contributed by atoms with E-state index in [0.29, 0.717) is 21.3 Å². The lowest BCUT2D eigenvalue weighted by atomic mass is 10.2. The van der Waals surface area contributed by atoms with Crippen LogP contribution in [-0.2, 0) is 0 Å². The van der Waals surface area contributed by atoms with Crippen LogP contribution in [0, 0.1) is 5.82 Å². The van der Waals surface area contributed by atoms with Gasteiger partial charge >= 0.3 is 0 Å². The first-order valence-electron chi connectivity index (χ1n) is 4.90. The van der Waals surface area contributed by atoms with E-state index in [-0.39, 0.29) is 5.82 Å². The fourth-order valence-corrected chi connectivity index (χ4v) is 1.77. The summed E-state index contributed by atoms with van der Waals surface area (Å²) in [5, 5.41) is 1.02. The molecule has 0 atom stereocenters. The SMILES string of the molecule is Fc1cccc(/C=N/c2ccc(Cl)cc2Cl)c1.